The molecule has 0 aromatic heterocycles. The van der Waals surface area contributed by atoms with E-state index in [1.807, 2.05) is 36.4 Å². The number of hydrogen-bond acceptors (Lipinski definition) is 11. The Kier molecular flexibility index (Phi) is 36.9. The highest BCUT2D eigenvalue weighted by Crippen LogP contribution is 2.46. The van der Waals surface area contributed by atoms with Crippen molar-refractivity contribution in [2.45, 2.75) is 302 Å². The second-order valence-electron chi connectivity index (χ2n) is 28.8. The van der Waals surface area contributed by atoms with Crippen molar-refractivity contribution in [2.24, 2.45) is 5.41 Å². The van der Waals surface area contributed by atoms with Crippen molar-refractivity contribution in [2.75, 3.05) is 26.4 Å². The molecule has 11 N–H and O–H groups in total. The Bertz CT molecular complexity index is 2300. The van der Waals surface area contributed by atoms with Crippen LogP contribution >= 0.6 is 12.2 Å². The van der Waals surface area contributed by atoms with Gasteiger partial charge in [0, 0.05) is 25.7 Å². The molecule has 0 bridgehead atoms. The Morgan fingerprint density at radius 3 is 0.820 bits per heavy atom. The van der Waals surface area contributed by atoms with E-state index in [0.717, 1.165) is 95.0 Å². The van der Waals surface area contributed by atoms with E-state index in [4.69, 9.17) is 40.9 Å². The summed E-state index contributed by atoms with van der Waals surface area (Å²) >= 11 is 4.63. The lowest BCUT2D eigenvalue weighted by molar-refractivity contribution is -0.138. The van der Waals surface area contributed by atoms with Gasteiger partial charge >= 0.3 is 17.9 Å². The van der Waals surface area contributed by atoms with Crippen LogP contribution in [0, 0.1) is 5.41 Å². The molecule has 3 aliphatic rings. The van der Waals surface area contributed by atoms with Gasteiger partial charge in [-0.1, -0.05) is 215 Å². The zero-order valence-electron chi connectivity index (χ0n) is 56.5. The Labute approximate surface area is 541 Å². The molecule has 0 amide bonds. The van der Waals surface area contributed by atoms with Crippen molar-refractivity contribution in [3.8, 4) is 17.2 Å². The van der Waals surface area contributed by atoms with Gasteiger partial charge in [0.2, 0.25) is 0 Å². The van der Waals surface area contributed by atoms with Crippen LogP contribution in [0.2, 0.25) is 0 Å². The lowest BCUT2D eigenvalue weighted by Crippen LogP contribution is -2.37. The number of phenolic OH excluding ortho intramolecular Hbond substituents is 3. The van der Waals surface area contributed by atoms with Crippen LogP contribution in [0.25, 0.3) is 0 Å². The number of hydrogen-bond donors (Lipinski definition) is 11. The third-order valence-corrected chi connectivity index (χ3v) is 18.1. The van der Waals surface area contributed by atoms with Gasteiger partial charge in [0.25, 0.3) is 0 Å². The Balaban J connectivity index is 0.000000388. The van der Waals surface area contributed by atoms with Crippen LogP contribution in [0.3, 0.4) is 0 Å². The van der Waals surface area contributed by atoms with Gasteiger partial charge in [-0.15, -0.1) is 0 Å². The molecule has 0 spiro atoms. The molecule has 14 nitrogen and oxygen atoms in total. The minimum Gasteiger partial charge on any atom is -0.507 e. The number of phenols is 3. The van der Waals surface area contributed by atoms with Crippen LogP contribution in [0.1, 0.15) is 317 Å². The number of unbranched alkanes of at least 4 members (excludes halogenated alkanes) is 11. The number of thiocarbonyl (C=S) groups is 1. The molecule has 0 saturated heterocycles. The Morgan fingerprint density at radius 2 is 0.629 bits per heavy atom. The maximum Gasteiger partial charge on any atom is 0.303 e. The average Bonchev–Trinajstić information content (AvgIpc) is 1.78. The van der Waals surface area contributed by atoms with Gasteiger partial charge in [-0.25, -0.2) is 0 Å². The fourth-order valence-electron chi connectivity index (χ4n) is 12.1. The number of aliphatic hydroxyl groups excluding tert-OH is 5. The first-order chi connectivity index (χ1) is 41.9. The lowest BCUT2D eigenvalue weighted by atomic mass is 9.81. The smallest absolute Gasteiger partial charge is 0.303 e. The summed E-state index contributed by atoms with van der Waals surface area (Å²) < 4.78 is 0. The topological polar surface area (TPSA) is 274 Å². The largest absolute Gasteiger partial charge is 0.507 e. The maximum atomic E-state index is 10.8. The predicted octanol–water partition coefficient (Wildman–Crippen LogP) is 17.0. The highest BCUT2D eigenvalue weighted by atomic mass is 32.1. The second-order valence-corrected chi connectivity index (χ2v) is 29.3. The number of aryl methyl sites for hydroxylation is 3. The number of aromatic hydroxyl groups is 3. The van der Waals surface area contributed by atoms with Crippen molar-refractivity contribution < 1.29 is 70.6 Å². The van der Waals surface area contributed by atoms with Crippen LogP contribution in [-0.2, 0) is 49.9 Å². The number of aliphatic carboxylic acids is 3. The molecule has 3 saturated carbocycles. The standard InChI is InChI=1S/3C18H26O3.C15H30OS.C5H12O4/c3*1-18(2,3)15-11-12(8-9-16(19)20)10-14(17(15)21)13-6-4-5-7-13;1-2-3-4-5-6-7-8-9-10-11-12-13-14-15(16)17;6-1-5(2-7,3-8)4-9/h3*10-11,13,21H,4-9H2,1-3H3,(H,19,20);2-14H2,1H3,(H,16,17);6-9H,1-4H2. The number of aliphatic hydroxyl groups is 5. The summed E-state index contributed by atoms with van der Waals surface area (Å²) in [5, 5.41) is 102. The van der Waals surface area contributed by atoms with Crippen LogP contribution in [0.4, 0.5) is 0 Å². The number of carboxylic acid groups (broad SMARTS) is 3. The van der Waals surface area contributed by atoms with Gasteiger partial charge in [-0.05, 0) is 160 Å². The van der Waals surface area contributed by atoms with Gasteiger partial charge in [0.05, 0.1) is 31.8 Å². The third-order valence-electron chi connectivity index (χ3n) is 17.9. The molecule has 89 heavy (non-hydrogen) atoms. The summed E-state index contributed by atoms with van der Waals surface area (Å²) in [6.07, 6.45) is 33.0. The van der Waals surface area contributed by atoms with Crippen molar-refractivity contribution in [3.05, 3.63) is 86.5 Å². The second kappa shape index (κ2) is 40.9. The highest BCUT2D eigenvalue weighted by Gasteiger charge is 2.31. The minimum atomic E-state index is -1.11. The van der Waals surface area contributed by atoms with Crippen molar-refractivity contribution >= 4 is 35.2 Å². The molecule has 3 aromatic rings. The van der Waals surface area contributed by atoms with Crippen LogP contribution in [0.5, 0.6) is 17.2 Å². The SMILES string of the molecule is CC(C)(C)c1cc(CCC(=O)O)cc(C2CCCC2)c1O.CC(C)(C)c1cc(CCC(=O)O)cc(C2CCCC2)c1O.CC(C)(C)c1cc(CCC(=O)O)cc(C2CCCC2)c1O.CCCCCCCCCCCCCCC(O)=S.OCC(CO)(CO)CO. The van der Waals surface area contributed by atoms with Gasteiger partial charge in [0.15, 0.2) is 5.05 Å². The maximum absolute atomic E-state index is 10.8. The monoisotopic (exact) mass is 1260 g/mol. The molecule has 15 heteroatoms. The number of rotatable bonds is 29. The summed E-state index contributed by atoms with van der Waals surface area (Å²) in [5.74, 6) is 0.228. The first-order valence-electron chi connectivity index (χ1n) is 33.8. The van der Waals surface area contributed by atoms with E-state index in [2.05, 4.69) is 81.5 Å². The molecule has 0 aliphatic heterocycles. The molecule has 0 unspecified atom stereocenters. The van der Waals surface area contributed by atoms with Crippen LogP contribution < -0.4 is 0 Å². The molecule has 0 radical (unpaired) electrons. The third kappa shape index (κ3) is 30.0. The Hall–Kier alpha value is -4.80. The molecular weight excluding hydrogens is 1140 g/mol. The minimum absolute atomic E-state index is 0.137. The highest BCUT2D eigenvalue weighted by molar-refractivity contribution is 7.80. The molecule has 6 rings (SSSR count). The molecule has 3 aromatic carbocycles. The van der Waals surface area contributed by atoms with Crippen molar-refractivity contribution in [3.63, 3.8) is 0 Å². The van der Waals surface area contributed by atoms with E-state index in [1.54, 1.807) is 0 Å². The van der Waals surface area contributed by atoms with Gasteiger partial charge < -0.3 is 56.2 Å². The fourth-order valence-corrected chi connectivity index (χ4v) is 12.3. The quantitative estimate of drug-likeness (QED) is 0.0228. The van der Waals surface area contributed by atoms with Gasteiger partial charge in [-0.3, -0.25) is 14.4 Å². The summed E-state index contributed by atoms with van der Waals surface area (Å²) in [6, 6.07) is 12.0. The van der Waals surface area contributed by atoms with E-state index < -0.39 is 49.8 Å². The molecular formula is C74H120O14S. The van der Waals surface area contributed by atoms with Gasteiger partial charge in [0.1, 0.15) is 17.2 Å². The molecule has 506 valence electrons. The number of carboxylic acids is 3. The normalized spacial score (nSPS) is 14.8. The van der Waals surface area contributed by atoms with E-state index in [1.165, 1.54) is 109 Å². The molecule has 0 atom stereocenters. The fraction of sp³-hybridized carbons (Fsp3) is 0.703. The summed E-state index contributed by atoms with van der Waals surface area (Å²) in [6.45, 7) is 19.4. The zero-order chi connectivity index (χ0) is 67.0. The molecule has 3 fully saturated rings. The average molecular weight is 1270 g/mol. The van der Waals surface area contributed by atoms with E-state index in [-0.39, 0.29) is 40.6 Å². The summed E-state index contributed by atoms with van der Waals surface area (Å²) in [4.78, 5) is 32.4. The van der Waals surface area contributed by atoms with Crippen LogP contribution in [0.15, 0.2) is 36.4 Å². The van der Waals surface area contributed by atoms with Crippen molar-refractivity contribution in [1.82, 2.24) is 0 Å². The lowest BCUT2D eigenvalue weighted by Gasteiger charge is -2.25. The summed E-state index contributed by atoms with van der Waals surface area (Å²) in [7, 11) is 0. The molecule has 0 heterocycles. The first-order valence-corrected chi connectivity index (χ1v) is 34.2. The summed E-state index contributed by atoms with van der Waals surface area (Å²) in [5.41, 5.74) is 7.45. The Morgan fingerprint density at radius 1 is 0.393 bits per heavy atom. The van der Waals surface area contributed by atoms with Crippen LogP contribution in [-0.4, -0.2) is 106 Å². The van der Waals surface area contributed by atoms with Gasteiger partial charge in [-0.2, -0.15) is 0 Å². The first kappa shape index (κ1) is 80.3. The van der Waals surface area contributed by atoms with E-state index in [0.29, 0.717) is 60.7 Å². The zero-order valence-corrected chi connectivity index (χ0v) is 57.3. The molecule has 3 aliphatic carbocycles. The van der Waals surface area contributed by atoms with E-state index in [9.17, 15) is 29.7 Å². The van der Waals surface area contributed by atoms with E-state index >= 15 is 0 Å². The van der Waals surface area contributed by atoms with Crippen molar-refractivity contribution in [1.29, 1.82) is 0 Å². The predicted molar refractivity (Wildman–Crippen MR) is 364 cm³/mol. The number of benzene rings is 3. The number of carbonyl (C=O) groups is 3.